The molecule has 0 aromatic heterocycles. The number of hydrogen-bond acceptors (Lipinski definition) is 3. The van der Waals surface area contributed by atoms with E-state index in [9.17, 15) is 9.65 Å². The summed E-state index contributed by atoms with van der Waals surface area (Å²) >= 11 is 3.45. The minimum absolute atomic E-state index is 0.227. The van der Waals surface area contributed by atoms with Crippen molar-refractivity contribution in [3.05, 3.63) is 57.8 Å². The Morgan fingerprint density at radius 3 is 2.46 bits per heavy atom. The summed E-state index contributed by atoms with van der Waals surface area (Å²) in [6.45, 7) is 4.76. The molecular formula is C19H17BrFNO2. The van der Waals surface area contributed by atoms with E-state index in [4.69, 9.17) is 9.47 Å². The van der Waals surface area contributed by atoms with Crippen LogP contribution in [0.15, 0.2) is 40.9 Å². The molecule has 5 heteroatoms. The Kier molecular flexibility index (Phi) is 6.39. The van der Waals surface area contributed by atoms with Gasteiger partial charge in [-0.2, -0.15) is 5.26 Å². The second-order valence-corrected chi connectivity index (χ2v) is 5.69. The van der Waals surface area contributed by atoms with Gasteiger partial charge < -0.3 is 9.47 Å². The fourth-order valence-corrected chi connectivity index (χ4v) is 2.69. The van der Waals surface area contributed by atoms with Crippen molar-refractivity contribution in [1.82, 2.24) is 0 Å². The van der Waals surface area contributed by atoms with E-state index >= 15 is 0 Å². The minimum Gasteiger partial charge on any atom is -0.493 e. The summed E-state index contributed by atoms with van der Waals surface area (Å²) in [5.41, 5.74) is 1.16. The summed E-state index contributed by atoms with van der Waals surface area (Å²) in [5.74, 6) is 0.795. The molecule has 3 nitrogen and oxygen atoms in total. The Bertz CT molecular complexity index is 796. The van der Waals surface area contributed by atoms with E-state index in [1.54, 1.807) is 36.4 Å². The highest BCUT2D eigenvalue weighted by Crippen LogP contribution is 2.35. The van der Waals surface area contributed by atoms with E-state index in [1.807, 2.05) is 13.8 Å². The van der Waals surface area contributed by atoms with Gasteiger partial charge in [0, 0.05) is 17.2 Å². The van der Waals surface area contributed by atoms with Crippen LogP contribution in [0.25, 0.3) is 11.6 Å². The minimum atomic E-state index is -0.437. The van der Waals surface area contributed by atoms with Crippen LogP contribution >= 0.6 is 15.9 Å². The van der Waals surface area contributed by atoms with Crippen LogP contribution in [0.1, 0.15) is 25.0 Å². The molecule has 0 aliphatic heterocycles. The molecule has 0 heterocycles. The third kappa shape index (κ3) is 4.15. The highest BCUT2D eigenvalue weighted by molar-refractivity contribution is 9.10. The molecule has 0 spiro atoms. The zero-order chi connectivity index (χ0) is 17.5. The third-order valence-corrected chi connectivity index (χ3v) is 3.87. The molecule has 24 heavy (non-hydrogen) atoms. The third-order valence-electron chi connectivity index (χ3n) is 3.25. The normalized spacial score (nSPS) is 11.0. The highest BCUT2D eigenvalue weighted by Gasteiger charge is 2.12. The summed E-state index contributed by atoms with van der Waals surface area (Å²) in [6, 6.07) is 11.8. The molecule has 2 aromatic rings. The van der Waals surface area contributed by atoms with Crippen molar-refractivity contribution >= 4 is 27.6 Å². The van der Waals surface area contributed by atoms with E-state index in [0.29, 0.717) is 30.3 Å². The lowest BCUT2D eigenvalue weighted by Crippen LogP contribution is -1.98. The zero-order valence-electron chi connectivity index (χ0n) is 13.5. The number of hydrogen-bond donors (Lipinski definition) is 0. The fourth-order valence-electron chi connectivity index (χ4n) is 2.21. The summed E-state index contributed by atoms with van der Waals surface area (Å²) in [4.78, 5) is 0. The van der Waals surface area contributed by atoms with Gasteiger partial charge in [-0.15, -0.1) is 0 Å². The van der Waals surface area contributed by atoms with Crippen LogP contribution in [0.4, 0.5) is 4.39 Å². The molecule has 2 aromatic carbocycles. The molecule has 0 aliphatic carbocycles. The number of halogens is 2. The molecule has 2 rings (SSSR count). The van der Waals surface area contributed by atoms with Crippen molar-refractivity contribution in [2.75, 3.05) is 13.2 Å². The molecule has 124 valence electrons. The van der Waals surface area contributed by atoms with Crippen molar-refractivity contribution in [2.45, 2.75) is 13.8 Å². The first-order valence-corrected chi connectivity index (χ1v) is 8.35. The summed E-state index contributed by atoms with van der Waals surface area (Å²) in [6.07, 6.45) is 1.61. The van der Waals surface area contributed by atoms with Gasteiger partial charge in [0.25, 0.3) is 0 Å². The summed E-state index contributed by atoms with van der Waals surface area (Å²) in [7, 11) is 0. The standard InChI is InChI=1S/C19H17BrFNO2/c1-3-23-18-11-19(24-4-2)16(20)10-13(18)9-14(12-22)15-7-5-6-8-17(15)21/h5-11H,3-4H2,1-2H3/b14-9-. The lowest BCUT2D eigenvalue weighted by atomic mass is 10.0. The topological polar surface area (TPSA) is 42.2 Å². The molecule has 0 saturated heterocycles. The largest absolute Gasteiger partial charge is 0.493 e. The number of allylic oxidation sites excluding steroid dienone is 1. The smallest absolute Gasteiger partial charge is 0.137 e. The van der Waals surface area contributed by atoms with Gasteiger partial charge >= 0.3 is 0 Å². The molecule has 0 fully saturated rings. The Labute approximate surface area is 149 Å². The number of nitrogens with zero attached hydrogens (tertiary/aromatic N) is 1. The van der Waals surface area contributed by atoms with Gasteiger partial charge in [0.2, 0.25) is 0 Å². The number of rotatable bonds is 6. The summed E-state index contributed by atoms with van der Waals surface area (Å²) < 4.78 is 25.9. The van der Waals surface area contributed by atoms with E-state index in [-0.39, 0.29) is 11.1 Å². The van der Waals surface area contributed by atoms with Crippen molar-refractivity contribution < 1.29 is 13.9 Å². The average Bonchev–Trinajstić information content (AvgIpc) is 2.57. The molecule has 0 saturated carbocycles. The maximum Gasteiger partial charge on any atom is 0.137 e. The number of benzene rings is 2. The van der Waals surface area contributed by atoms with Crippen LogP contribution in [-0.4, -0.2) is 13.2 Å². The number of ether oxygens (including phenoxy) is 2. The predicted octanol–water partition coefficient (Wildman–Crippen LogP) is 5.45. The Morgan fingerprint density at radius 2 is 1.83 bits per heavy atom. The Morgan fingerprint density at radius 1 is 1.17 bits per heavy atom. The molecule has 0 atom stereocenters. The second-order valence-electron chi connectivity index (χ2n) is 4.84. The monoisotopic (exact) mass is 389 g/mol. The highest BCUT2D eigenvalue weighted by atomic mass is 79.9. The van der Waals surface area contributed by atoms with Gasteiger partial charge in [-0.3, -0.25) is 0 Å². The quantitative estimate of drug-likeness (QED) is 0.487. The molecule has 0 amide bonds. The molecular weight excluding hydrogens is 373 g/mol. The lowest BCUT2D eigenvalue weighted by molar-refractivity contribution is 0.321. The van der Waals surface area contributed by atoms with Gasteiger partial charge in [0.1, 0.15) is 17.3 Å². The number of nitriles is 1. The first kappa shape index (κ1) is 18.0. The van der Waals surface area contributed by atoms with E-state index < -0.39 is 5.82 Å². The van der Waals surface area contributed by atoms with Crippen LogP contribution in [0, 0.1) is 17.1 Å². The molecule has 0 aliphatic rings. The molecule has 0 bridgehead atoms. The first-order chi connectivity index (χ1) is 11.6. The zero-order valence-corrected chi connectivity index (χ0v) is 15.1. The van der Waals surface area contributed by atoms with E-state index in [0.717, 1.165) is 4.47 Å². The van der Waals surface area contributed by atoms with Crippen molar-refractivity contribution in [2.24, 2.45) is 0 Å². The fraction of sp³-hybridized carbons (Fsp3) is 0.211. The van der Waals surface area contributed by atoms with Crippen LogP contribution in [0.3, 0.4) is 0 Å². The predicted molar refractivity (Wildman–Crippen MR) is 96.4 cm³/mol. The summed E-state index contributed by atoms with van der Waals surface area (Å²) in [5, 5.41) is 9.43. The first-order valence-electron chi connectivity index (χ1n) is 7.56. The second kappa shape index (κ2) is 8.51. The molecule has 0 unspecified atom stereocenters. The maximum absolute atomic E-state index is 14.0. The Hall–Kier alpha value is -2.32. The van der Waals surface area contributed by atoms with Gasteiger partial charge in [-0.1, -0.05) is 18.2 Å². The molecule has 0 radical (unpaired) electrons. The van der Waals surface area contributed by atoms with Gasteiger partial charge in [-0.05, 0) is 48.0 Å². The Balaban J connectivity index is 2.55. The van der Waals surface area contributed by atoms with Crippen molar-refractivity contribution in [1.29, 1.82) is 5.26 Å². The SMILES string of the molecule is CCOc1cc(OCC)c(/C=C(/C#N)c2ccccc2F)cc1Br. The van der Waals surface area contributed by atoms with Gasteiger partial charge in [0.15, 0.2) is 0 Å². The van der Waals surface area contributed by atoms with Crippen LogP contribution in [0.2, 0.25) is 0 Å². The maximum atomic E-state index is 14.0. The van der Waals surface area contributed by atoms with Crippen molar-refractivity contribution in [3.63, 3.8) is 0 Å². The molecule has 0 N–H and O–H groups in total. The van der Waals surface area contributed by atoms with Gasteiger partial charge in [-0.25, -0.2) is 4.39 Å². The average molecular weight is 390 g/mol. The lowest BCUT2D eigenvalue weighted by Gasteiger charge is -2.13. The van der Waals surface area contributed by atoms with Crippen LogP contribution in [0.5, 0.6) is 11.5 Å². The van der Waals surface area contributed by atoms with Gasteiger partial charge in [0.05, 0.1) is 29.3 Å². The van der Waals surface area contributed by atoms with E-state index in [1.165, 1.54) is 6.07 Å². The van der Waals surface area contributed by atoms with E-state index in [2.05, 4.69) is 22.0 Å². The van der Waals surface area contributed by atoms with Crippen LogP contribution in [-0.2, 0) is 0 Å². The van der Waals surface area contributed by atoms with Crippen LogP contribution < -0.4 is 9.47 Å². The van der Waals surface area contributed by atoms with Crippen molar-refractivity contribution in [3.8, 4) is 17.6 Å².